The molecule has 0 fully saturated rings. The van der Waals surface area contributed by atoms with Gasteiger partial charge in [-0.25, -0.2) is 4.98 Å². The van der Waals surface area contributed by atoms with Crippen molar-refractivity contribution in [2.45, 2.75) is 33.1 Å². The first kappa shape index (κ1) is 15.9. The SMILES string of the molecule is CCCCOCCCNC(=O)c1cc(C)nc(Cl)c1. The fraction of sp³-hybridized carbons (Fsp3) is 0.571. The summed E-state index contributed by atoms with van der Waals surface area (Å²) in [5, 5.41) is 3.18. The van der Waals surface area contributed by atoms with Gasteiger partial charge >= 0.3 is 0 Å². The highest BCUT2D eigenvalue weighted by Gasteiger charge is 2.07. The molecule has 1 aromatic heterocycles. The van der Waals surface area contributed by atoms with Crippen molar-refractivity contribution in [2.75, 3.05) is 19.8 Å². The Balaban J connectivity index is 2.24. The maximum Gasteiger partial charge on any atom is 0.251 e. The highest BCUT2D eigenvalue weighted by Crippen LogP contribution is 2.10. The fourth-order valence-corrected chi connectivity index (χ4v) is 1.84. The molecule has 0 saturated heterocycles. The highest BCUT2D eigenvalue weighted by atomic mass is 35.5. The van der Waals surface area contributed by atoms with Gasteiger partial charge in [0.25, 0.3) is 5.91 Å². The molecule has 1 rings (SSSR count). The number of nitrogens with zero attached hydrogens (tertiary/aromatic N) is 1. The Morgan fingerprint density at radius 1 is 1.37 bits per heavy atom. The Morgan fingerprint density at radius 2 is 2.11 bits per heavy atom. The van der Waals surface area contributed by atoms with E-state index in [-0.39, 0.29) is 5.91 Å². The van der Waals surface area contributed by atoms with Crippen LogP contribution < -0.4 is 5.32 Å². The Kier molecular flexibility index (Phi) is 7.45. The molecule has 0 aliphatic carbocycles. The van der Waals surface area contributed by atoms with Gasteiger partial charge in [-0.2, -0.15) is 0 Å². The zero-order valence-electron chi connectivity index (χ0n) is 11.5. The normalized spacial score (nSPS) is 10.5. The molecule has 0 radical (unpaired) electrons. The molecule has 4 nitrogen and oxygen atoms in total. The van der Waals surface area contributed by atoms with Crippen LogP contribution in [0.5, 0.6) is 0 Å². The number of carbonyl (C=O) groups excluding carboxylic acids is 1. The molecular weight excluding hydrogens is 264 g/mol. The number of rotatable bonds is 8. The molecule has 1 N–H and O–H groups in total. The Morgan fingerprint density at radius 3 is 2.79 bits per heavy atom. The number of hydrogen-bond donors (Lipinski definition) is 1. The van der Waals surface area contributed by atoms with Crippen molar-refractivity contribution in [3.63, 3.8) is 0 Å². The second-order valence-corrected chi connectivity index (χ2v) is 4.78. The summed E-state index contributed by atoms with van der Waals surface area (Å²) in [5.74, 6) is -0.124. The van der Waals surface area contributed by atoms with E-state index in [1.165, 1.54) is 0 Å². The van der Waals surface area contributed by atoms with E-state index >= 15 is 0 Å². The van der Waals surface area contributed by atoms with Crippen molar-refractivity contribution < 1.29 is 9.53 Å². The molecular formula is C14H21ClN2O2. The fourth-order valence-electron chi connectivity index (χ4n) is 1.59. The first-order chi connectivity index (χ1) is 9.13. The summed E-state index contributed by atoms with van der Waals surface area (Å²) in [4.78, 5) is 15.9. The first-order valence-corrected chi connectivity index (χ1v) is 7.01. The summed E-state index contributed by atoms with van der Waals surface area (Å²) in [5.41, 5.74) is 1.28. The van der Waals surface area contributed by atoms with Gasteiger partial charge < -0.3 is 10.1 Å². The standard InChI is InChI=1S/C14H21ClN2O2/c1-3-4-7-19-8-5-6-16-14(18)12-9-11(2)17-13(15)10-12/h9-10H,3-8H2,1-2H3,(H,16,18). The van der Waals surface area contributed by atoms with Gasteiger partial charge in [0.15, 0.2) is 0 Å². The van der Waals surface area contributed by atoms with Gasteiger partial charge in [-0.15, -0.1) is 0 Å². The molecule has 0 unspecified atom stereocenters. The third-order valence-electron chi connectivity index (χ3n) is 2.58. The van der Waals surface area contributed by atoms with Crippen LogP contribution in [0.15, 0.2) is 12.1 Å². The maximum absolute atomic E-state index is 11.8. The average Bonchev–Trinajstić information content (AvgIpc) is 2.36. The van der Waals surface area contributed by atoms with Crippen LogP contribution in [0.3, 0.4) is 0 Å². The van der Waals surface area contributed by atoms with E-state index < -0.39 is 0 Å². The second kappa shape index (κ2) is 8.88. The van der Waals surface area contributed by atoms with Crippen molar-refractivity contribution in [3.8, 4) is 0 Å². The lowest BCUT2D eigenvalue weighted by Crippen LogP contribution is -2.25. The molecule has 5 heteroatoms. The molecule has 106 valence electrons. The highest BCUT2D eigenvalue weighted by molar-refractivity contribution is 6.29. The molecule has 0 atom stereocenters. The number of halogens is 1. The number of pyridine rings is 1. The molecule has 0 spiro atoms. The Labute approximate surface area is 119 Å². The number of carbonyl (C=O) groups is 1. The Hall–Kier alpha value is -1.13. The number of ether oxygens (including phenoxy) is 1. The minimum atomic E-state index is -0.124. The minimum absolute atomic E-state index is 0.124. The smallest absolute Gasteiger partial charge is 0.251 e. The predicted molar refractivity (Wildman–Crippen MR) is 76.7 cm³/mol. The third-order valence-corrected chi connectivity index (χ3v) is 2.77. The van der Waals surface area contributed by atoms with Crippen LogP contribution in [-0.4, -0.2) is 30.6 Å². The van der Waals surface area contributed by atoms with Crippen LogP contribution >= 0.6 is 11.6 Å². The number of aromatic nitrogens is 1. The van der Waals surface area contributed by atoms with Crippen molar-refractivity contribution in [2.24, 2.45) is 0 Å². The number of amides is 1. The summed E-state index contributed by atoms with van der Waals surface area (Å²) in [6, 6.07) is 3.29. The molecule has 1 aromatic rings. The lowest BCUT2D eigenvalue weighted by atomic mass is 10.2. The minimum Gasteiger partial charge on any atom is -0.381 e. The zero-order chi connectivity index (χ0) is 14.1. The van der Waals surface area contributed by atoms with Gasteiger partial charge in [-0.3, -0.25) is 4.79 Å². The quantitative estimate of drug-likeness (QED) is 0.590. The van der Waals surface area contributed by atoms with Crippen LogP contribution in [0.2, 0.25) is 5.15 Å². The van der Waals surface area contributed by atoms with Crippen LogP contribution in [-0.2, 0) is 4.74 Å². The largest absolute Gasteiger partial charge is 0.381 e. The number of aryl methyl sites for hydroxylation is 1. The van der Waals surface area contributed by atoms with Gasteiger partial charge in [-0.05, 0) is 31.9 Å². The molecule has 0 aliphatic heterocycles. The summed E-state index contributed by atoms with van der Waals surface area (Å²) >= 11 is 5.82. The van der Waals surface area contributed by atoms with E-state index in [1.807, 2.05) is 6.92 Å². The molecule has 0 bridgehead atoms. The van der Waals surface area contributed by atoms with E-state index in [0.717, 1.165) is 31.6 Å². The van der Waals surface area contributed by atoms with E-state index in [9.17, 15) is 4.79 Å². The van der Waals surface area contributed by atoms with E-state index in [1.54, 1.807) is 12.1 Å². The second-order valence-electron chi connectivity index (χ2n) is 4.40. The van der Waals surface area contributed by atoms with Crippen molar-refractivity contribution >= 4 is 17.5 Å². The zero-order valence-corrected chi connectivity index (χ0v) is 12.3. The molecule has 0 saturated carbocycles. The summed E-state index contributed by atoms with van der Waals surface area (Å²) < 4.78 is 5.42. The molecule has 19 heavy (non-hydrogen) atoms. The monoisotopic (exact) mass is 284 g/mol. The van der Waals surface area contributed by atoms with Crippen molar-refractivity contribution in [1.29, 1.82) is 0 Å². The van der Waals surface area contributed by atoms with Gasteiger partial charge in [0, 0.05) is 31.0 Å². The Bertz CT molecular complexity index is 390. The van der Waals surface area contributed by atoms with Crippen LogP contribution in [0.1, 0.15) is 42.2 Å². The van der Waals surface area contributed by atoms with Gasteiger partial charge in [-0.1, -0.05) is 24.9 Å². The van der Waals surface area contributed by atoms with E-state index in [2.05, 4.69) is 17.2 Å². The third kappa shape index (κ3) is 6.55. The summed E-state index contributed by atoms with van der Waals surface area (Å²) in [7, 11) is 0. The molecule has 0 aliphatic rings. The van der Waals surface area contributed by atoms with Gasteiger partial charge in [0.2, 0.25) is 0 Å². The topological polar surface area (TPSA) is 51.2 Å². The number of unbranched alkanes of at least 4 members (excludes halogenated alkanes) is 1. The van der Waals surface area contributed by atoms with Gasteiger partial charge in [0.05, 0.1) is 0 Å². The van der Waals surface area contributed by atoms with Gasteiger partial charge in [0.1, 0.15) is 5.15 Å². The van der Waals surface area contributed by atoms with E-state index in [4.69, 9.17) is 16.3 Å². The maximum atomic E-state index is 11.8. The number of hydrogen-bond acceptors (Lipinski definition) is 3. The first-order valence-electron chi connectivity index (χ1n) is 6.63. The predicted octanol–water partition coefficient (Wildman–Crippen LogP) is 2.98. The average molecular weight is 285 g/mol. The van der Waals surface area contributed by atoms with Crippen LogP contribution in [0, 0.1) is 6.92 Å². The lowest BCUT2D eigenvalue weighted by Gasteiger charge is -2.07. The van der Waals surface area contributed by atoms with Crippen molar-refractivity contribution in [3.05, 3.63) is 28.5 Å². The summed E-state index contributed by atoms with van der Waals surface area (Å²) in [6.45, 7) is 6.01. The van der Waals surface area contributed by atoms with Crippen molar-refractivity contribution in [1.82, 2.24) is 10.3 Å². The van der Waals surface area contributed by atoms with Crippen LogP contribution in [0.25, 0.3) is 0 Å². The summed E-state index contributed by atoms with van der Waals surface area (Å²) in [6.07, 6.45) is 3.04. The lowest BCUT2D eigenvalue weighted by molar-refractivity contribution is 0.0940. The molecule has 1 heterocycles. The van der Waals surface area contributed by atoms with E-state index in [0.29, 0.717) is 23.9 Å². The van der Waals surface area contributed by atoms with Crippen LogP contribution in [0.4, 0.5) is 0 Å². The number of nitrogens with one attached hydrogen (secondary N) is 1. The molecule has 0 aromatic carbocycles. The molecule has 1 amide bonds.